The maximum Gasteiger partial charge on any atom is 0.230 e. The number of nitrogens with zero attached hydrogens (tertiary/aromatic N) is 4. The third kappa shape index (κ3) is 3.39. The van der Waals surface area contributed by atoms with Crippen molar-refractivity contribution in [2.45, 2.75) is 33.3 Å². The monoisotopic (exact) mass is 313 g/mol. The molecule has 1 unspecified atom stereocenters. The minimum Gasteiger partial charge on any atom is -0.490 e. The number of amides is 1. The molecule has 0 spiro atoms. The first kappa shape index (κ1) is 15.2. The van der Waals surface area contributed by atoms with Crippen LogP contribution < -0.4 is 5.32 Å². The molecule has 2 aromatic heterocycles. The van der Waals surface area contributed by atoms with Gasteiger partial charge >= 0.3 is 0 Å². The number of ether oxygens (including phenoxy) is 1. The molecule has 120 valence electrons. The average molecular weight is 313 g/mol. The number of anilines is 1. The van der Waals surface area contributed by atoms with Crippen LogP contribution in [0.25, 0.3) is 5.82 Å². The second-order valence-electron chi connectivity index (χ2n) is 6.36. The molecule has 1 N–H and O–H groups in total. The lowest BCUT2D eigenvalue weighted by Crippen LogP contribution is -2.28. The van der Waals surface area contributed by atoms with Crippen LogP contribution in [-0.2, 0) is 9.53 Å². The first-order valence-electron chi connectivity index (χ1n) is 7.44. The van der Waals surface area contributed by atoms with Gasteiger partial charge in [0.25, 0.3) is 0 Å². The Labute approximate surface area is 134 Å². The Morgan fingerprint density at radius 2 is 2.22 bits per heavy atom. The van der Waals surface area contributed by atoms with Gasteiger partial charge in [0.15, 0.2) is 17.7 Å². The molecule has 0 saturated carbocycles. The number of rotatable bonds is 3. The first-order chi connectivity index (χ1) is 10.9. The maximum absolute atomic E-state index is 12.2. The molecule has 1 amide bonds. The summed E-state index contributed by atoms with van der Waals surface area (Å²) in [5.74, 6) is 1.43. The smallest absolute Gasteiger partial charge is 0.230 e. The van der Waals surface area contributed by atoms with E-state index in [1.807, 2.05) is 32.9 Å². The normalized spacial score (nSPS) is 17.1. The molecule has 1 atom stereocenters. The van der Waals surface area contributed by atoms with Gasteiger partial charge in [-0.25, -0.2) is 14.6 Å². The van der Waals surface area contributed by atoms with E-state index >= 15 is 0 Å². The lowest BCUT2D eigenvalue weighted by Gasteiger charge is -2.18. The highest BCUT2D eigenvalue weighted by atomic mass is 16.5. The SMILES string of the molecule is CC(C)(C)C(=O)Nc1cc(-n2cccn2)nc(C2CC=CO2)n1. The maximum atomic E-state index is 12.2. The van der Waals surface area contributed by atoms with Gasteiger partial charge in [0, 0.05) is 30.3 Å². The van der Waals surface area contributed by atoms with Gasteiger partial charge in [0.2, 0.25) is 5.91 Å². The first-order valence-corrected chi connectivity index (χ1v) is 7.44. The average Bonchev–Trinajstić information content (AvgIpc) is 3.19. The van der Waals surface area contributed by atoms with Crippen molar-refractivity contribution in [2.24, 2.45) is 5.41 Å². The van der Waals surface area contributed by atoms with Crippen LogP contribution in [0.4, 0.5) is 5.82 Å². The predicted molar refractivity (Wildman–Crippen MR) is 84.8 cm³/mol. The van der Waals surface area contributed by atoms with Gasteiger partial charge in [-0.15, -0.1) is 0 Å². The third-order valence-electron chi connectivity index (χ3n) is 3.37. The van der Waals surface area contributed by atoms with Gasteiger partial charge in [0.05, 0.1) is 6.26 Å². The van der Waals surface area contributed by atoms with Gasteiger partial charge in [-0.05, 0) is 12.1 Å². The Kier molecular flexibility index (Phi) is 3.85. The number of hydrogen-bond acceptors (Lipinski definition) is 5. The van der Waals surface area contributed by atoms with Crippen molar-refractivity contribution in [1.29, 1.82) is 0 Å². The third-order valence-corrected chi connectivity index (χ3v) is 3.37. The second kappa shape index (κ2) is 5.83. The molecule has 3 rings (SSSR count). The summed E-state index contributed by atoms with van der Waals surface area (Å²) in [7, 11) is 0. The minimum absolute atomic E-state index is 0.112. The van der Waals surface area contributed by atoms with Crippen molar-refractivity contribution >= 4 is 11.7 Å². The van der Waals surface area contributed by atoms with Crippen LogP contribution in [0.5, 0.6) is 0 Å². The molecule has 7 nitrogen and oxygen atoms in total. The zero-order valence-corrected chi connectivity index (χ0v) is 13.4. The zero-order valence-electron chi connectivity index (χ0n) is 13.4. The molecule has 0 aromatic carbocycles. The fraction of sp³-hybridized carbons (Fsp3) is 0.375. The molecule has 3 heterocycles. The number of aromatic nitrogens is 4. The van der Waals surface area contributed by atoms with E-state index in [2.05, 4.69) is 20.4 Å². The van der Waals surface area contributed by atoms with E-state index in [1.54, 1.807) is 29.4 Å². The molecular formula is C16H19N5O2. The van der Waals surface area contributed by atoms with Crippen molar-refractivity contribution in [1.82, 2.24) is 19.7 Å². The summed E-state index contributed by atoms with van der Waals surface area (Å²) in [4.78, 5) is 21.2. The summed E-state index contributed by atoms with van der Waals surface area (Å²) in [5, 5.41) is 7.02. The molecule has 7 heteroatoms. The van der Waals surface area contributed by atoms with Crippen LogP contribution in [0.3, 0.4) is 0 Å². The standard InChI is InChI=1S/C16H19N5O2/c1-16(2,3)15(22)19-12-10-13(21-8-5-7-17-21)20-14(18-12)11-6-4-9-23-11/h4-5,7-11H,6H2,1-3H3,(H,18,19,20,22). The van der Waals surface area contributed by atoms with Gasteiger partial charge < -0.3 is 10.1 Å². The molecule has 0 aliphatic carbocycles. The van der Waals surface area contributed by atoms with E-state index in [0.717, 1.165) is 0 Å². The van der Waals surface area contributed by atoms with Crippen LogP contribution in [0, 0.1) is 5.41 Å². The van der Waals surface area contributed by atoms with Crippen LogP contribution in [-0.4, -0.2) is 25.7 Å². The number of nitrogens with one attached hydrogen (secondary N) is 1. The van der Waals surface area contributed by atoms with Crippen molar-refractivity contribution < 1.29 is 9.53 Å². The van der Waals surface area contributed by atoms with Crippen molar-refractivity contribution in [3.8, 4) is 5.82 Å². The Bertz CT molecular complexity index is 723. The van der Waals surface area contributed by atoms with E-state index in [-0.39, 0.29) is 12.0 Å². The van der Waals surface area contributed by atoms with Gasteiger partial charge in [-0.3, -0.25) is 4.79 Å². The molecule has 0 fully saturated rings. The number of carbonyl (C=O) groups is 1. The topological polar surface area (TPSA) is 81.9 Å². The van der Waals surface area contributed by atoms with E-state index in [0.29, 0.717) is 23.9 Å². The lowest BCUT2D eigenvalue weighted by molar-refractivity contribution is -0.123. The lowest BCUT2D eigenvalue weighted by atomic mass is 9.96. The molecule has 0 saturated heterocycles. The van der Waals surface area contributed by atoms with Gasteiger partial charge in [-0.2, -0.15) is 5.10 Å². The van der Waals surface area contributed by atoms with Crippen LogP contribution in [0.15, 0.2) is 36.9 Å². The summed E-state index contributed by atoms with van der Waals surface area (Å²) >= 11 is 0. The Morgan fingerprint density at radius 3 is 2.83 bits per heavy atom. The Balaban J connectivity index is 1.96. The van der Waals surface area contributed by atoms with E-state index < -0.39 is 5.41 Å². The second-order valence-corrected chi connectivity index (χ2v) is 6.36. The van der Waals surface area contributed by atoms with Gasteiger partial charge in [-0.1, -0.05) is 20.8 Å². The number of carbonyl (C=O) groups excluding carboxylic acids is 1. The fourth-order valence-corrected chi connectivity index (χ4v) is 2.04. The van der Waals surface area contributed by atoms with E-state index in [1.165, 1.54) is 0 Å². The highest BCUT2D eigenvalue weighted by Gasteiger charge is 2.24. The van der Waals surface area contributed by atoms with Crippen LogP contribution >= 0.6 is 0 Å². The summed E-state index contributed by atoms with van der Waals surface area (Å²) in [5.41, 5.74) is -0.512. The quantitative estimate of drug-likeness (QED) is 0.942. The highest BCUT2D eigenvalue weighted by Crippen LogP contribution is 2.26. The van der Waals surface area contributed by atoms with Crippen molar-refractivity contribution in [3.05, 3.63) is 42.7 Å². The summed E-state index contributed by atoms with van der Waals surface area (Å²) in [6.07, 6.45) is 7.48. The minimum atomic E-state index is -0.512. The van der Waals surface area contributed by atoms with Crippen LogP contribution in [0.1, 0.15) is 39.1 Å². The summed E-state index contributed by atoms with van der Waals surface area (Å²) < 4.78 is 7.12. The fourth-order valence-electron chi connectivity index (χ4n) is 2.04. The van der Waals surface area contributed by atoms with Crippen LogP contribution in [0.2, 0.25) is 0 Å². The largest absolute Gasteiger partial charge is 0.490 e. The molecule has 0 bridgehead atoms. The van der Waals surface area contributed by atoms with Gasteiger partial charge in [0.1, 0.15) is 5.82 Å². The van der Waals surface area contributed by atoms with Crippen molar-refractivity contribution in [2.75, 3.05) is 5.32 Å². The molecule has 1 aliphatic rings. The molecule has 1 aliphatic heterocycles. The predicted octanol–water partition coefficient (Wildman–Crippen LogP) is 2.62. The van der Waals surface area contributed by atoms with Crippen molar-refractivity contribution in [3.63, 3.8) is 0 Å². The zero-order chi connectivity index (χ0) is 16.4. The molecule has 0 radical (unpaired) electrons. The highest BCUT2D eigenvalue weighted by molar-refractivity contribution is 5.93. The molecule has 2 aromatic rings. The molecule has 23 heavy (non-hydrogen) atoms. The Morgan fingerprint density at radius 1 is 1.39 bits per heavy atom. The molecular weight excluding hydrogens is 294 g/mol. The summed E-state index contributed by atoms with van der Waals surface area (Å²) in [6.45, 7) is 5.55. The number of hydrogen-bond donors (Lipinski definition) is 1. The summed E-state index contributed by atoms with van der Waals surface area (Å²) in [6, 6.07) is 3.51. The van der Waals surface area contributed by atoms with E-state index in [9.17, 15) is 4.79 Å². The van der Waals surface area contributed by atoms with E-state index in [4.69, 9.17) is 4.74 Å². The Hall–Kier alpha value is -2.70.